The summed E-state index contributed by atoms with van der Waals surface area (Å²) >= 11 is 0. The summed E-state index contributed by atoms with van der Waals surface area (Å²) in [7, 11) is 0. The lowest BCUT2D eigenvalue weighted by atomic mass is 9.91. The van der Waals surface area contributed by atoms with E-state index in [0.717, 1.165) is 37.1 Å². The van der Waals surface area contributed by atoms with Crippen LogP contribution in [-0.4, -0.2) is 25.1 Å². The highest BCUT2D eigenvalue weighted by molar-refractivity contribution is 5.79. The molecule has 108 valence electrons. The molecule has 1 saturated heterocycles. The summed E-state index contributed by atoms with van der Waals surface area (Å²) in [6, 6.07) is 8.51. The molecule has 3 atom stereocenters. The van der Waals surface area contributed by atoms with E-state index < -0.39 is 0 Å². The first kappa shape index (κ1) is 13.4. The molecule has 4 nitrogen and oxygen atoms in total. The number of amides is 1. The fraction of sp³-hybridized carbons (Fsp3) is 0.562. The molecule has 3 unspecified atom stereocenters. The second-order valence-electron chi connectivity index (χ2n) is 5.81. The number of fused-ring (bicyclic) bond motifs is 1. The van der Waals surface area contributed by atoms with Crippen molar-refractivity contribution >= 4 is 5.91 Å². The van der Waals surface area contributed by atoms with Crippen LogP contribution in [0.1, 0.15) is 37.8 Å². The van der Waals surface area contributed by atoms with Gasteiger partial charge in [0.2, 0.25) is 5.91 Å². The summed E-state index contributed by atoms with van der Waals surface area (Å²) < 4.78 is 5.64. The molecule has 2 heterocycles. The average Bonchev–Trinajstić information content (AvgIpc) is 2.47. The fourth-order valence-electron chi connectivity index (χ4n) is 3.15. The Bertz CT molecular complexity index is 489. The lowest BCUT2D eigenvalue weighted by Crippen LogP contribution is -2.43. The summed E-state index contributed by atoms with van der Waals surface area (Å²) in [5.41, 5.74) is 1.11. The minimum absolute atomic E-state index is 0.0950. The normalized spacial score (nSPS) is 29.1. The molecule has 1 amide bonds. The van der Waals surface area contributed by atoms with Gasteiger partial charge in [0.05, 0.1) is 12.6 Å². The molecule has 20 heavy (non-hydrogen) atoms. The van der Waals surface area contributed by atoms with Crippen molar-refractivity contribution in [2.75, 3.05) is 13.2 Å². The zero-order chi connectivity index (χ0) is 13.9. The summed E-state index contributed by atoms with van der Waals surface area (Å²) in [6.45, 7) is 3.75. The summed E-state index contributed by atoms with van der Waals surface area (Å²) in [6.07, 6.45) is 2.71. The third kappa shape index (κ3) is 2.80. The molecule has 1 fully saturated rings. The number of nitrogens with one attached hydrogen (secondary N) is 2. The van der Waals surface area contributed by atoms with Crippen LogP contribution < -0.4 is 15.4 Å². The Kier molecular flexibility index (Phi) is 3.92. The van der Waals surface area contributed by atoms with Gasteiger partial charge in [0, 0.05) is 23.9 Å². The van der Waals surface area contributed by atoms with Gasteiger partial charge in [-0.3, -0.25) is 4.79 Å². The molecule has 2 aliphatic heterocycles. The Morgan fingerprint density at radius 3 is 3.05 bits per heavy atom. The highest BCUT2D eigenvalue weighted by Crippen LogP contribution is 2.32. The molecule has 0 bridgehead atoms. The van der Waals surface area contributed by atoms with Crippen LogP contribution in [-0.2, 0) is 4.79 Å². The molecule has 0 radical (unpaired) electrons. The van der Waals surface area contributed by atoms with Crippen molar-refractivity contribution in [2.45, 2.75) is 38.3 Å². The highest BCUT2D eigenvalue weighted by Gasteiger charge is 2.28. The summed E-state index contributed by atoms with van der Waals surface area (Å²) in [4.78, 5) is 12.4. The molecule has 0 spiro atoms. The molecular weight excluding hydrogens is 252 g/mol. The Hall–Kier alpha value is -1.55. The number of hydrogen-bond acceptors (Lipinski definition) is 3. The maximum Gasteiger partial charge on any atom is 0.223 e. The standard InChI is InChI=1S/C16H22N2O2/c1-11-10-12(6-8-17-11)16(19)18-14-7-9-20-15-5-3-2-4-13(14)15/h2-5,11-12,14,17H,6-10H2,1H3,(H,18,19). The number of carbonyl (C=O) groups is 1. The van der Waals surface area contributed by atoms with E-state index in [1.54, 1.807) is 0 Å². The van der Waals surface area contributed by atoms with E-state index in [1.807, 2.05) is 24.3 Å². The predicted molar refractivity (Wildman–Crippen MR) is 77.6 cm³/mol. The Labute approximate surface area is 119 Å². The van der Waals surface area contributed by atoms with Gasteiger partial charge in [-0.15, -0.1) is 0 Å². The van der Waals surface area contributed by atoms with E-state index in [9.17, 15) is 4.79 Å². The topological polar surface area (TPSA) is 50.4 Å². The Morgan fingerprint density at radius 1 is 1.35 bits per heavy atom. The third-order valence-corrected chi connectivity index (χ3v) is 4.27. The molecule has 3 rings (SSSR count). The maximum absolute atomic E-state index is 12.4. The van der Waals surface area contributed by atoms with Crippen LogP contribution in [0.2, 0.25) is 0 Å². The number of benzene rings is 1. The molecule has 1 aromatic carbocycles. The lowest BCUT2D eigenvalue weighted by Gasteiger charge is -2.31. The second-order valence-corrected chi connectivity index (χ2v) is 5.81. The van der Waals surface area contributed by atoms with Crippen LogP contribution in [0.3, 0.4) is 0 Å². The Morgan fingerprint density at radius 2 is 2.20 bits per heavy atom. The van der Waals surface area contributed by atoms with Gasteiger partial charge in [0.15, 0.2) is 0 Å². The van der Waals surface area contributed by atoms with Crippen molar-refractivity contribution < 1.29 is 9.53 Å². The van der Waals surface area contributed by atoms with Crippen LogP contribution >= 0.6 is 0 Å². The van der Waals surface area contributed by atoms with Crippen LogP contribution in [0.25, 0.3) is 0 Å². The quantitative estimate of drug-likeness (QED) is 0.867. The highest BCUT2D eigenvalue weighted by atomic mass is 16.5. The predicted octanol–water partition coefficient (Wildman–Crippen LogP) is 2.01. The molecule has 0 aromatic heterocycles. The van der Waals surface area contributed by atoms with Crippen LogP contribution in [0.15, 0.2) is 24.3 Å². The van der Waals surface area contributed by atoms with E-state index in [1.165, 1.54) is 0 Å². The second kappa shape index (κ2) is 5.83. The van der Waals surface area contributed by atoms with Gasteiger partial charge in [-0.25, -0.2) is 0 Å². The van der Waals surface area contributed by atoms with Crippen molar-refractivity contribution in [3.63, 3.8) is 0 Å². The molecule has 2 N–H and O–H groups in total. The molecule has 2 aliphatic rings. The summed E-state index contributed by atoms with van der Waals surface area (Å²) in [5.74, 6) is 1.24. The van der Waals surface area contributed by atoms with Crippen molar-refractivity contribution in [2.24, 2.45) is 5.92 Å². The van der Waals surface area contributed by atoms with Crippen molar-refractivity contribution in [1.82, 2.24) is 10.6 Å². The minimum Gasteiger partial charge on any atom is -0.493 e. The van der Waals surface area contributed by atoms with Crippen molar-refractivity contribution in [1.29, 1.82) is 0 Å². The van der Waals surface area contributed by atoms with Gasteiger partial charge in [0.1, 0.15) is 5.75 Å². The number of hydrogen-bond donors (Lipinski definition) is 2. The number of rotatable bonds is 2. The van der Waals surface area contributed by atoms with E-state index in [-0.39, 0.29) is 17.9 Å². The van der Waals surface area contributed by atoms with Crippen LogP contribution in [0, 0.1) is 5.92 Å². The van der Waals surface area contributed by atoms with Crippen molar-refractivity contribution in [3.05, 3.63) is 29.8 Å². The summed E-state index contributed by atoms with van der Waals surface area (Å²) in [5, 5.41) is 6.60. The van der Waals surface area contributed by atoms with Gasteiger partial charge in [-0.1, -0.05) is 18.2 Å². The zero-order valence-electron chi connectivity index (χ0n) is 11.9. The first-order valence-electron chi connectivity index (χ1n) is 7.49. The zero-order valence-corrected chi connectivity index (χ0v) is 11.9. The smallest absolute Gasteiger partial charge is 0.223 e. The van der Waals surface area contributed by atoms with E-state index in [4.69, 9.17) is 4.74 Å². The minimum atomic E-state index is 0.0950. The van der Waals surface area contributed by atoms with Gasteiger partial charge < -0.3 is 15.4 Å². The van der Waals surface area contributed by atoms with Gasteiger partial charge in [0.25, 0.3) is 0 Å². The third-order valence-electron chi connectivity index (χ3n) is 4.27. The van der Waals surface area contributed by atoms with Gasteiger partial charge in [-0.05, 0) is 32.4 Å². The average molecular weight is 274 g/mol. The van der Waals surface area contributed by atoms with Gasteiger partial charge in [-0.2, -0.15) is 0 Å². The van der Waals surface area contributed by atoms with Crippen molar-refractivity contribution in [3.8, 4) is 5.75 Å². The largest absolute Gasteiger partial charge is 0.493 e. The number of piperidine rings is 1. The SMILES string of the molecule is CC1CC(C(=O)NC2CCOc3ccccc32)CCN1. The molecule has 0 saturated carbocycles. The first-order chi connectivity index (χ1) is 9.74. The molecule has 1 aromatic rings. The Balaban J connectivity index is 1.68. The van der Waals surface area contributed by atoms with E-state index >= 15 is 0 Å². The molecule has 4 heteroatoms. The molecular formula is C16H22N2O2. The number of para-hydroxylation sites is 1. The number of carbonyl (C=O) groups excluding carboxylic acids is 1. The van der Waals surface area contributed by atoms with Crippen LogP contribution in [0.5, 0.6) is 5.75 Å². The lowest BCUT2D eigenvalue weighted by molar-refractivity contribution is -0.127. The van der Waals surface area contributed by atoms with Crippen LogP contribution in [0.4, 0.5) is 0 Å². The fourth-order valence-corrected chi connectivity index (χ4v) is 3.15. The monoisotopic (exact) mass is 274 g/mol. The van der Waals surface area contributed by atoms with Gasteiger partial charge >= 0.3 is 0 Å². The maximum atomic E-state index is 12.4. The molecule has 0 aliphatic carbocycles. The number of ether oxygens (including phenoxy) is 1. The van der Waals surface area contributed by atoms with E-state index in [2.05, 4.69) is 17.6 Å². The first-order valence-corrected chi connectivity index (χ1v) is 7.49. The van der Waals surface area contributed by atoms with E-state index in [0.29, 0.717) is 12.6 Å².